The van der Waals surface area contributed by atoms with Crippen LogP contribution < -0.4 is 0 Å². The van der Waals surface area contributed by atoms with E-state index in [1.54, 1.807) is 0 Å². The van der Waals surface area contributed by atoms with Crippen molar-refractivity contribution in [2.75, 3.05) is 13.1 Å². The van der Waals surface area contributed by atoms with Gasteiger partial charge in [-0.05, 0) is 45.6 Å². The van der Waals surface area contributed by atoms with Gasteiger partial charge in [0, 0.05) is 6.04 Å². The first-order valence-corrected chi connectivity index (χ1v) is 6.42. The molecule has 0 bridgehead atoms. The summed E-state index contributed by atoms with van der Waals surface area (Å²) in [5, 5.41) is 0. The number of ether oxygens (including phenoxy) is 1. The molecular weight excluding hydrogens is 202 g/mol. The lowest BCUT2D eigenvalue weighted by Crippen LogP contribution is -2.35. The summed E-state index contributed by atoms with van der Waals surface area (Å²) in [5.74, 6) is 0.619. The van der Waals surface area contributed by atoms with E-state index in [-0.39, 0.29) is 12.1 Å². The molecule has 0 amide bonds. The highest BCUT2D eigenvalue weighted by Crippen LogP contribution is 2.27. The molecule has 3 nitrogen and oxygen atoms in total. The molecule has 0 aliphatic heterocycles. The lowest BCUT2D eigenvalue weighted by Gasteiger charge is -2.22. The van der Waals surface area contributed by atoms with Crippen molar-refractivity contribution < 1.29 is 9.53 Å². The summed E-state index contributed by atoms with van der Waals surface area (Å²) < 4.78 is 5.18. The molecule has 16 heavy (non-hydrogen) atoms. The number of esters is 1. The number of carbonyl (C=O) groups excluding carboxylic acids is 1. The molecule has 1 saturated carbocycles. The number of hydrogen-bond acceptors (Lipinski definition) is 3. The highest BCUT2D eigenvalue weighted by molar-refractivity contribution is 5.71. The minimum atomic E-state index is -0.0781. The zero-order valence-electron chi connectivity index (χ0n) is 11.0. The van der Waals surface area contributed by atoms with E-state index in [2.05, 4.69) is 18.7 Å². The predicted molar refractivity (Wildman–Crippen MR) is 65.3 cm³/mol. The van der Waals surface area contributed by atoms with E-state index in [0.717, 1.165) is 13.0 Å². The van der Waals surface area contributed by atoms with Crippen molar-refractivity contribution in [1.82, 2.24) is 4.90 Å². The Balaban J connectivity index is 2.30. The van der Waals surface area contributed by atoms with Crippen molar-refractivity contribution in [2.24, 2.45) is 5.92 Å². The van der Waals surface area contributed by atoms with E-state index in [9.17, 15) is 4.79 Å². The van der Waals surface area contributed by atoms with Crippen LogP contribution in [0.25, 0.3) is 0 Å². The van der Waals surface area contributed by atoms with Crippen molar-refractivity contribution in [3.63, 3.8) is 0 Å². The van der Waals surface area contributed by atoms with Crippen molar-refractivity contribution in [3.8, 4) is 0 Å². The van der Waals surface area contributed by atoms with Crippen LogP contribution in [0.5, 0.6) is 0 Å². The maximum absolute atomic E-state index is 11.6. The summed E-state index contributed by atoms with van der Waals surface area (Å²) in [6.45, 7) is 9.72. The van der Waals surface area contributed by atoms with E-state index in [0.29, 0.717) is 18.5 Å². The molecule has 0 spiro atoms. The second-order valence-corrected chi connectivity index (χ2v) is 5.42. The maximum atomic E-state index is 11.6. The van der Waals surface area contributed by atoms with E-state index in [4.69, 9.17) is 4.74 Å². The Morgan fingerprint density at radius 3 is 2.38 bits per heavy atom. The second-order valence-electron chi connectivity index (χ2n) is 5.42. The Morgan fingerprint density at radius 2 is 1.94 bits per heavy atom. The minimum Gasteiger partial charge on any atom is -0.462 e. The van der Waals surface area contributed by atoms with Gasteiger partial charge in [0.05, 0.1) is 12.6 Å². The van der Waals surface area contributed by atoms with E-state index < -0.39 is 0 Å². The molecule has 1 aliphatic rings. The highest BCUT2D eigenvalue weighted by Gasteiger charge is 2.30. The molecule has 0 aromatic carbocycles. The van der Waals surface area contributed by atoms with Gasteiger partial charge < -0.3 is 4.74 Å². The maximum Gasteiger partial charge on any atom is 0.320 e. The molecule has 3 heteroatoms. The van der Waals surface area contributed by atoms with E-state index in [1.807, 2.05) is 13.8 Å². The minimum absolute atomic E-state index is 0.00125. The molecular formula is C13H25NO2. The standard InChI is InChI=1S/C13H25NO2/c1-10(2)7-8-14(12-5-6-12)9-13(15)16-11(3)4/h10-12H,5-9H2,1-4H3. The Bertz CT molecular complexity index is 222. The smallest absolute Gasteiger partial charge is 0.320 e. The molecule has 0 unspecified atom stereocenters. The first-order valence-electron chi connectivity index (χ1n) is 6.42. The molecule has 0 heterocycles. The summed E-state index contributed by atoms with van der Waals surface area (Å²) in [5.41, 5.74) is 0. The van der Waals surface area contributed by atoms with Crippen molar-refractivity contribution >= 4 is 5.97 Å². The number of hydrogen-bond donors (Lipinski definition) is 0. The number of nitrogens with zero attached hydrogens (tertiary/aromatic N) is 1. The zero-order chi connectivity index (χ0) is 12.1. The molecule has 0 aromatic rings. The summed E-state index contributed by atoms with van der Waals surface area (Å²) in [7, 11) is 0. The molecule has 0 saturated heterocycles. The van der Waals surface area contributed by atoms with Gasteiger partial charge in [-0.25, -0.2) is 0 Å². The van der Waals surface area contributed by atoms with Crippen LogP contribution in [0, 0.1) is 5.92 Å². The molecule has 0 N–H and O–H groups in total. The molecule has 0 radical (unpaired) electrons. The third-order valence-electron chi connectivity index (χ3n) is 2.76. The summed E-state index contributed by atoms with van der Waals surface area (Å²) in [6.07, 6.45) is 3.64. The molecule has 1 fully saturated rings. The lowest BCUT2D eigenvalue weighted by molar-refractivity contribution is -0.148. The Kier molecular flexibility index (Phi) is 5.26. The highest BCUT2D eigenvalue weighted by atomic mass is 16.5. The van der Waals surface area contributed by atoms with Crippen molar-refractivity contribution in [1.29, 1.82) is 0 Å². The van der Waals surface area contributed by atoms with Crippen LogP contribution >= 0.6 is 0 Å². The molecule has 1 aliphatic carbocycles. The fourth-order valence-electron chi connectivity index (χ4n) is 1.72. The van der Waals surface area contributed by atoms with Crippen LogP contribution in [0.2, 0.25) is 0 Å². The Morgan fingerprint density at radius 1 is 1.31 bits per heavy atom. The average molecular weight is 227 g/mol. The summed E-state index contributed by atoms with van der Waals surface area (Å²) >= 11 is 0. The first kappa shape index (κ1) is 13.5. The van der Waals surface area contributed by atoms with Gasteiger partial charge in [-0.2, -0.15) is 0 Å². The Labute approximate surface area is 99.1 Å². The van der Waals surface area contributed by atoms with Gasteiger partial charge in [-0.1, -0.05) is 13.8 Å². The first-order chi connectivity index (χ1) is 7.49. The fraction of sp³-hybridized carbons (Fsp3) is 0.923. The molecule has 1 rings (SSSR count). The summed E-state index contributed by atoms with van der Waals surface area (Å²) in [6, 6.07) is 0.637. The third-order valence-corrected chi connectivity index (χ3v) is 2.76. The van der Waals surface area contributed by atoms with Gasteiger partial charge in [0.15, 0.2) is 0 Å². The van der Waals surface area contributed by atoms with Gasteiger partial charge in [0.25, 0.3) is 0 Å². The zero-order valence-corrected chi connectivity index (χ0v) is 11.0. The Hall–Kier alpha value is -0.570. The second kappa shape index (κ2) is 6.24. The van der Waals surface area contributed by atoms with E-state index in [1.165, 1.54) is 12.8 Å². The van der Waals surface area contributed by atoms with Crippen LogP contribution in [0.15, 0.2) is 0 Å². The molecule has 0 atom stereocenters. The van der Waals surface area contributed by atoms with Gasteiger partial charge in [0.2, 0.25) is 0 Å². The monoisotopic (exact) mass is 227 g/mol. The predicted octanol–water partition coefficient (Wildman–Crippen LogP) is 2.45. The lowest BCUT2D eigenvalue weighted by atomic mass is 10.1. The third kappa shape index (κ3) is 5.50. The van der Waals surface area contributed by atoms with Crippen LogP contribution in [0.3, 0.4) is 0 Å². The molecule has 0 aromatic heterocycles. The number of rotatable bonds is 7. The van der Waals surface area contributed by atoms with Gasteiger partial charge in [-0.3, -0.25) is 9.69 Å². The normalized spacial score (nSPS) is 16.2. The van der Waals surface area contributed by atoms with Gasteiger partial charge in [-0.15, -0.1) is 0 Å². The van der Waals surface area contributed by atoms with Crippen LogP contribution in [0.1, 0.15) is 47.0 Å². The SMILES string of the molecule is CC(C)CCN(CC(=O)OC(C)C)C1CC1. The topological polar surface area (TPSA) is 29.5 Å². The average Bonchev–Trinajstić information content (AvgIpc) is 2.93. The van der Waals surface area contributed by atoms with E-state index >= 15 is 0 Å². The fourth-order valence-corrected chi connectivity index (χ4v) is 1.72. The van der Waals surface area contributed by atoms with Crippen molar-refractivity contribution in [2.45, 2.75) is 59.1 Å². The quantitative estimate of drug-likeness (QED) is 0.626. The van der Waals surface area contributed by atoms with Crippen molar-refractivity contribution in [3.05, 3.63) is 0 Å². The largest absolute Gasteiger partial charge is 0.462 e. The van der Waals surface area contributed by atoms with Crippen LogP contribution in [0.4, 0.5) is 0 Å². The van der Waals surface area contributed by atoms with Gasteiger partial charge >= 0.3 is 5.97 Å². The van der Waals surface area contributed by atoms with Gasteiger partial charge in [0.1, 0.15) is 0 Å². The van der Waals surface area contributed by atoms with Crippen LogP contribution in [-0.4, -0.2) is 36.1 Å². The molecule has 94 valence electrons. The number of carbonyl (C=O) groups is 1. The van der Waals surface area contributed by atoms with Crippen LogP contribution in [-0.2, 0) is 9.53 Å². The summed E-state index contributed by atoms with van der Waals surface area (Å²) in [4.78, 5) is 13.9.